The lowest BCUT2D eigenvalue weighted by atomic mass is 9.82. The van der Waals surface area contributed by atoms with Crippen LogP contribution in [0.4, 0.5) is 0 Å². The molecule has 0 aliphatic heterocycles. The Labute approximate surface area is 242 Å². The summed E-state index contributed by atoms with van der Waals surface area (Å²) in [4.78, 5) is 0. The van der Waals surface area contributed by atoms with Gasteiger partial charge in [-0.25, -0.2) is 0 Å². The van der Waals surface area contributed by atoms with Gasteiger partial charge in [-0.1, -0.05) is 133 Å². The maximum atomic E-state index is 9.29. The summed E-state index contributed by atoms with van der Waals surface area (Å²) in [5.41, 5.74) is 2.62. The Kier molecular flexibility index (Phi) is 3.04. The van der Waals surface area contributed by atoms with Crippen LogP contribution in [0.25, 0.3) is 76.9 Å². The summed E-state index contributed by atoms with van der Waals surface area (Å²) in [6.45, 7) is 0. The van der Waals surface area contributed by atoms with E-state index in [4.69, 9.17) is 18.1 Å². The predicted molar refractivity (Wildman–Crippen MR) is 165 cm³/mol. The molecular weight excluding hydrogens is 472 g/mol. The van der Waals surface area contributed by atoms with Crippen LogP contribution in [-0.2, 0) is 0 Å². The fraction of sp³-hybridized carbons (Fsp3) is 0. The average molecular weight is 508 g/mol. The van der Waals surface area contributed by atoms with Crippen LogP contribution in [-0.4, -0.2) is 0 Å². The SMILES string of the molecule is [2H]c1cc(-c2c3ccccc3c(-c3ccccc3)c3c(-c4c([2H])c([2H])c([2H])c5oc6c([2H])c([2H])c([2H])c([2H])c6c45)cccc23)c([2H])c([2H])c1[2H]. The highest BCUT2D eigenvalue weighted by Crippen LogP contribution is 2.48. The molecular formula is C38H24O. The van der Waals surface area contributed by atoms with Crippen molar-refractivity contribution in [3.63, 3.8) is 0 Å². The first-order valence-electron chi connectivity index (χ1n) is 18.0. The molecule has 0 bridgehead atoms. The fourth-order valence-electron chi connectivity index (χ4n) is 5.61. The van der Waals surface area contributed by atoms with Crippen LogP contribution in [0.15, 0.2) is 150 Å². The predicted octanol–water partition coefficient (Wildman–Crippen LogP) is 10.9. The van der Waals surface area contributed by atoms with Gasteiger partial charge >= 0.3 is 0 Å². The Morgan fingerprint density at radius 3 is 2.05 bits per heavy atom. The minimum atomic E-state index is -0.508. The number of hydrogen-bond acceptors (Lipinski definition) is 1. The van der Waals surface area contributed by atoms with Gasteiger partial charge in [0, 0.05) is 10.8 Å². The minimum Gasteiger partial charge on any atom is -0.456 e. The van der Waals surface area contributed by atoms with Crippen molar-refractivity contribution in [2.24, 2.45) is 0 Å². The largest absolute Gasteiger partial charge is 0.456 e. The van der Waals surface area contributed by atoms with Gasteiger partial charge in [0.25, 0.3) is 0 Å². The number of para-hydroxylation sites is 1. The molecule has 8 aromatic rings. The monoisotopic (exact) mass is 507 g/mol. The molecule has 7 aromatic carbocycles. The molecule has 0 saturated carbocycles. The van der Waals surface area contributed by atoms with Crippen molar-refractivity contribution in [3.05, 3.63) is 145 Å². The van der Waals surface area contributed by atoms with Crippen molar-refractivity contribution in [1.29, 1.82) is 0 Å². The third-order valence-electron chi connectivity index (χ3n) is 7.15. The molecule has 1 heteroatoms. The zero-order chi connectivity index (χ0) is 35.3. The summed E-state index contributed by atoms with van der Waals surface area (Å²) >= 11 is 0. The Bertz CT molecular complexity index is 2770. The maximum absolute atomic E-state index is 9.29. The Balaban J connectivity index is 1.68. The quantitative estimate of drug-likeness (QED) is 0.217. The highest BCUT2D eigenvalue weighted by molar-refractivity contribution is 6.26. The van der Waals surface area contributed by atoms with Gasteiger partial charge in [0.2, 0.25) is 0 Å². The lowest BCUT2D eigenvalue weighted by Gasteiger charge is -2.20. The molecule has 0 atom stereocenters. The van der Waals surface area contributed by atoms with E-state index in [0.29, 0.717) is 21.9 Å². The molecule has 0 spiro atoms. The van der Waals surface area contributed by atoms with E-state index in [-0.39, 0.29) is 63.3 Å². The number of furan rings is 1. The normalized spacial score (nSPS) is 15.5. The molecule has 0 amide bonds. The molecule has 1 nitrogen and oxygen atoms in total. The van der Waals surface area contributed by atoms with E-state index < -0.39 is 36.3 Å². The number of fused-ring (bicyclic) bond motifs is 5. The van der Waals surface area contributed by atoms with E-state index in [1.54, 1.807) is 12.1 Å². The topological polar surface area (TPSA) is 13.1 Å². The van der Waals surface area contributed by atoms with Crippen LogP contribution in [0.2, 0.25) is 0 Å². The standard InChI is InChI=1S/C38H24O/c1-3-13-25(14-4-1)35-27-17-7-8-18-28(27)36(26-15-5-2-6-16-26)38-30(20-11-22-32(35)38)29-21-12-24-34-37(29)31-19-9-10-23-33(31)39-34/h1-24H/i1D,3D,4D,9D,10D,12D,13D,19D,21D,23D,24D. The summed E-state index contributed by atoms with van der Waals surface area (Å²) < 4.78 is 101. The molecule has 182 valence electrons. The van der Waals surface area contributed by atoms with E-state index in [1.165, 1.54) is 6.07 Å². The fourth-order valence-corrected chi connectivity index (χ4v) is 5.61. The summed E-state index contributed by atoms with van der Waals surface area (Å²) in [5.74, 6) is 0. The van der Waals surface area contributed by atoms with E-state index in [2.05, 4.69) is 0 Å². The van der Waals surface area contributed by atoms with Gasteiger partial charge in [-0.15, -0.1) is 0 Å². The van der Waals surface area contributed by atoms with Crippen LogP contribution in [0.3, 0.4) is 0 Å². The summed E-state index contributed by atoms with van der Waals surface area (Å²) in [6, 6.07) is 19.7. The van der Waals surface area contributed by atoms with E-state index in [9.17, 15) is 1.37 Å². The molecule has 1 heterocycles. The lowest BCUT2D eigenvalue weighted by Crippen LogP contribution is -1.93. The summed E-state index contributed by atoms with van der Waals surface area (Å²) in [5, 5.41) is 2.77. The van der Waals surface area contributed by atoms with Gasteiger partial charge in [-0.2, -0.15) is 0 Å². The highest BCUT2D eigenvalue weighted by Gasteiger charge is 2.21. The third-order valence-corrected chi connectivity index (χ3v) is 7.15. The van der Waals surface area contributed by atoms with Crippen LogP contribution in [0, 0.1) is 0 Å². The second-order valence-electron chi connectivity index (χ2n) is 9.23. The number of rotatable bonds is 3. The molecule has 0 fully saturated rings. The van der Waals surface area contributed by atoms with Crippen LogP contribution >= 0.6 is 0 Å². The first-order valence-corrected chi connectivity index (χ1v) is 12.5. The van der Waals surface area contributed by atoms with Gasteiger partial charge in [0.05, 0.1) is 15.1 Å². The Hall–Kier alpha value is -5.14. The van der Waals surface area contributed by atoms with Crippen LogP contribution in [0.1, 0.15) is 15.1 Å². The molecule has 0 N–H and O–H groups in total. The highest BCUT2D eigenvalue weighted by atomic mass is 16.3. The summed E-state index contributed by atoms with van der Waals surface area (Å²) in [7, 11) is 0. The number of hydrogen-bond donors (Lipinski definition) is 0. The van der Waals surface area contributed by atoms with Crippen molar-refractivity contribution >= 4 is 43.5 Å². The van der Waals surface area contributed by atoms with Gasteiger partial charge in [-0.3, -0.25) is 0 Å². The smallest absolute Gasteiger partial charge is 0.136 e. The minimum absolute atomic E-state index is 0.000508. The Morgan fingerprint density at radius 2 is 1.15 bits per heavy atom. The van der Waals surface area contributed by atoms with Crippen molar-refractivity contribution in [1.82, 2.24) is 0 Å². The zero-order valence-corrected chi connectivity index (χ0v) is 20.4. The third kappa shape index (κ3) is 3.34. The van der Waals surface area contributed by atoms with Crippen LogP contribution < -0.4 is 0 Å². The molecule has 0 radical (unpaired) electrons. The molecule has 1 aromatic heterocycles. The van der Waals surface area contributed by atoms with Gasteiger partial charge in [0.1, 0.15) is 11.2 Å². The van der Waals surface area contributed by atoms with Crippen molar-refractivity contribution in [2.75, 3.05) is 0 Å². The maximum Gasteiger partial charge on any atom is 0.136 e. The van der Waals surface area contributed by atoms with E-state index in [1.807, 2.05) is 60.7 Å². The van der Waals surface area contributed by atoms with Gasteiger partial charge in [-0.05, 0) is 67.0 Å². The summed E-state index contributed by atoms with van der Waals surface area (Å²) in [6.07, 6.45) is 0. The molecule has 0 unspecified atom stereocenters. The molecule has 0 aliphatic rings. The second-order valence-corrected chi connectivity index (χ2v) is 9.23. The molecule has 8 rings (SSSR count). The van der Waals surface area contributed by atoms with Crippen LogP contribution in [0.5, 0.6) is 0 Å². The van der Waals surface area contributed by atoms with E-state index >= 15 is 0 Å². The van der Waals surface area contributed by atoms with Gasteiger partial charge < -0.3 is 4.42 Å². The average Bonchev–Trinajstić information content (AvgIpc) is 3.53. The number of benzene rings is 7. The second kappa shape index (κ2) is 8.72. The van der Waals surface area contributed by atoms with Crippen molar-refractivity contribution < 1.29 is 19.5 Å². The zero-order valence-electron chi connectivity index (χ0n) is 31.4. The van der Waals surface area contributed by atoms with Crippen molar-refractivity contribution in [2.45, 2.75) is 0 Å². The van der Waals surface area contributed by atoms with Crippen molar-refractivity contribution in [3.8, 4) is 33.4 Å². The Morgan fingerprint density at radius 1 is 0.410 bits per heavy atom. The first kappa shape index (κ1) is 13.6. The van der Waals surface area contributed by atoms with E-state index in [0.717, 1.165) is 21.9 Å². The molecule has 0 saturated heterocycles. The molecule has 0 aliphatic carbocycles. The lowest BCUT2D eigenvalue weighted by molar-refractivity contribution is 0.669. The molecule has 39 heavy (non-hydrogen) atoms. The van der Waals surface area contributed by atoms with Gasteiger partial charge in [0.15, 0.2) is 0 Å². The first-order chi connectivity index (χ1) is 23.9.